The van der Waals surface area contributed by atoms with Gasteiger partial charge in [-0.05, 0) is 0 Å². The Hall–Kier alpha value is 2.78. The Labute approximate surface area is 122 Å². The molecule has 11 heavy (non-hydrogen) atoms. The fraction of sp³-hybridized carbons (Fsp3) is 0. The number of hydrogen-bond donors (Lipinski definition) is 4. The number of phosphoric acid groups is 2. The topological polar surface area (TPSA) is 124 Å². The molecule has 0 aliphatic rings. The maximum absolute atomic E-state index is 9.63. The monoisotopic (exact) mass is 262 g/mol. The fourth-order valence-corrected chi connectivity index (χ4v) is 1.25. The summed E-state index contributed by atoms with van der Waals surface area (Å²) in [6, 6.07) is 0. The molecular formula is H8Ca2O7P2. The van der Waals surface area contributed by atoms with Crippen LogP contribution in [0.15, 0.2) is 0 Å². The Morgan fingerprint density at radius 2 is 1.00 bits per heavy atom. The molecule has 0 unspecified atom stereocenters. The van der Waals surface area contributed by atoms with Gasteiger partial charge in [0.05, 0.1) is 0 Å². The summed E-state index contributed by atoms with van der Waals surface area (Å²) in [5, 5.41) is 0. The molecular weight excluding hydrogens is 254 g/mol. The van der Waals surface area contributed by atoms with Crippen LogP contribution < -0.4 is 0 Å². The predicted octanol–water partition coefficient (Wildman–Crippen LogP) is -2.64. The van der Waals surface area contributed by atoms with E-state index in [1.165, 1.54) is 0 Å². The van der Waals surface area contributed by atoms with Gasteiger partial charge in [-0.2, -0.15) is 4.31 Å². The molecule has 0 bridgehead atoms. The Bertz CT molecular complexity index is 155. The summed E-state index contributed by atoms with van der Waals surface area (Å²) in [5.41, 5.74) is 0. The molecule has 0 fully saturated rings. The van der Waals surface area contributed by atoms with Crippen LogP contribution in [0.2, 0.25) is 0 Å². The summed E-state index contributed by atoms with van der Waals surface area (Å²) in [6.45, 7) is 0. The van der Waals surface area contributed by atoms with E-state index in [9.17, 15) is 9.13 Å². The Balaban J connectivity index is -0.000000320. The standard InChI is InChI=1S/2Ca.H4O7P2.4H/c;;1-8(2,3)7-9(4,5)6;;;;/h;;(H2,1,2,3)(H2,4,5,6);;;;. The van der Waals surface area contributed by atoms with Crippen molar-refractivity contribution < 1.29 is 33.0 Å². The molecule has 0 rings (SSSR count). The zero-order chi connectivity index (χ0) is 7.71. The molecule has 0 saturated carbocycles. The maximum atomic E-state index is 9.63. The van der Waals surface area contributed by atoms with Gasteiger partial charge in [0.25, 0.3) is 0 Å². The van der Waals surface area contributed by atoms with E-state index in [1.54, 1.807) is 0 Å². The SMILES string of the molecule is O=P(O)(O)OP(=O)(O)O.[CaH2].[CaH2]. The summed E-state index contributed by atoms with van der Waals surface area (Å²) < 4.78 is 22.2. The molecule has 0 saturated heterocycles. The zero-order valence-electron chi connectivity index (χ0n) is 3.91. The van der Waals surface area contributed by atoms with Gasteiger partial charge in [-0.1, -0.05) is 0 Å². The average Bonchev–Trinajstić information content (AvgIpc) is 1.14. The molecule has 4 N–H and O–H groups in total. The molecule has 7 nitrogen and oxygen atoms in total. The molecule has 0 aliphatic heterocycles. The van der Waals surface area contributed by atoms with E-state index in [0.29, 0.717) is 0 Å². The van der Waals surface area contributed by atoms with Gasteiger partial charge in [0.2, 0.25) is 0 Å². The molecule has 0 spiro atoms. The van der Waals surface area contributed by atoms with Crippen molar-refractivity contribution in [2.45, 2.75) is 0 Å². The first kappa shape index (κ1) is 19.4. The molecule has 0 aromatic rings. The van der Waals surface area contributed by atoms with Crippen molar-refractivity contribution in [1.29, 1.82) is 0 Å². The van der Waals surface area contributed by atoms with Crippen LogP contribution in [-0.2, 0) is 13.4 Å². The van der Waals surface area contributed by atoms with Crippen molar-refractivity contribution in [2.24, 2.45) is 0 Å². The Morgan fingerprint density at radius 3 is 1.00 bits per heavy atom. The third-order valence-electron chi connectivity index (χ3n) is 0.213. The van der Waals surface area contributed by atoms with Crippen LogP contribution in [-0.4, -0.2) is 95.1 Å². The average molecular weight is 262 g/mol. The molecule has 0 aliphatic carbocycles. The van der Waals surface area contributed by atoms with Crippen LogP contribution in [0.4, 0.5) is 0 Å². The van der Waals surface area contributed by atoms with Crippen molar-refractivity contribution >= 4 is 91.1 Å². The Morgan fingerprint density at radius 1 is 0.818 bits per heavy atom. The first-order valence-corrected chi connectivity index (χ1v) is 4.59. The van der Waals surface area contributed by atoms with E-state index in [2.05, 4.69) is 4.31 Å². The second kappa shape index (κ2) is 7.12. The fourth-order valence-electron chi connectivity index (χ4n) is 0.139. The molecule has 0 amide bonds. The van der Waals surface area contributed by atoms with E-state index in [1.807, 2.05) is 0 Å². The minimum atomic E-state index is -5.05. The summed E-state index contributed by atoms with van der Waals surface area (Å²) in [4.78, 5) is 31.0. The van der Waals surface area contributed by atoms with Gasteiger partial charge in [0.1, 0.15) is 0 Å². The van der Waals surface area contributed by atoms with Gasteiger partial charge in [-0.25, -0.2) is 9.13 Å². The second-order valence-corrected chi connectivity index (χ2v) is 3.68. The van der Waals surface area contributed by atoms with Crippen LogP contribution in [0, 0.1) is 0 Å². The molecule has 0 aromatic carbocycles. The zero-order valence-corrected chi connectivity index (χ0v) is 5.70. The molecule has 0 aromatic heterocycles. The van der Waals surface area contributed by atoms with Crippen molar-refractivity contribution in [2.75, 3.05) is 0 Å². The van der Waals surface area contributed by atoms with E-state index in [0.717, 1.165) is 0 Å². The summed E-state index contributed by atoms with van der Waals surface area (Å²) in [6.07, 6.45) is 0. The van der Waals surface area contributed by atoms with E-state index in [4.69, 9.17) is 19.6 Å². The van der Waals surface area contributed by atoms with E-state index >= 15 is 0 Å². The van der Waals surface area contributed by atoms with Crippen LogP contribution in [0.5, 0.6) is 0 Å². The summed E-state index contributed by atoms with van der Waals surface area (Å²) in [5.74, 6) is 0. The number of hydrogen-bond acceptors (Lipinski definition) is 3. The van der Waals surface area contributed by atoms with Gasteiger partial charge in [0, 0.05) is 0 Å². The first-order chi connectivity index (χ1) is 3.71. The third-order valence-corrected chi connectivity index (χ3v) is 1.91. The second-order valence-electron chi connectivity index (χ2n) is 1.06. The van der Waals surface area contributed by atoms with Gasteiger partial charge in [-0.15, -0.1) is 0 Å². The van der Waals surface area contributed by atoms with Gasteiger partial charge in [0.15, 0.2) is 0 Å². The molecule has 64 valence electrons. The predicted molar refractivity (Wildman–Crippen MR) is 42.3 cm³/mol. The third kappa shape index (κ3) is 19.3. The van der Waals surface area contributed by atoms with E-state index < -0.39 is 15.6 Å². The van der Waals surface area contributed by atoms with Crippen LogP contribution in [0.1, 0.15) is 0 Å². The van der Waals surface area contributed by atoms with Crippen LogP contribution in [0.3, 0.4) is 0 Å². The first-order valence-electron chi connectivity index (χ1n) is 1.53. The summed E-state index contributed by atoms with van der Waals surface area (Å²) >= 11 is 0. The molecule has 0 heterocycles. The van der Waals surface area contributed by atoms with Crippen molar-refractivity contribution in [3.63, 3.8) is 0 Å². The normalized spacial score (nSPS) is 11.3. The van der Waals surface area contributed by atoms with Gasteiger partial charge >= 0.3 is 91.1 Å². The Kier molecular flexibility index (Phi) is 12.5. The minimum absolute atomic E-state index is 0. The van der Waals surface area contributed by atoms with Crippen molar-refractivity contribution in [3.05, 3.63) is 0 Å². The van der Waals surface area contributed by atoms with Crippen LogP contribution in [0.25, 0.3) is 0 Å². The van der Waals surface area contributed by atoms with Gasteiger partial charge in [-0.3, -0.25) is 0 Å². The molecule has 11 heteroatoms. The van der Waals surface area contributed by atoms with Gasteiger partial charge < -0.3 is 19.6 Å². The quantitative estimate of drug-likeness (QED) is 0.316. The number of rotatable bonds is 2. The van der Waals surface area contributed by atoms with Crippen LogP contribution >= 0.6 is 15.6 Å². The van der Waals surface area contributed by atoms with Crippen molar-refractivity contribution in [1.82, 2.24) is 0 Å². The summed E-state index contributed by atoms with van der Waals surface area (Å²) in [7, 11) is -10.1. The molecule has 0 atom stereocenters. The van der Waals surface area contributed by atoms with E-state index in [-0.39, 0.29) is 75.5 Å². The molecule has 0 radical (unpaired) electrons. The van der Waals surface area contributed by atoms with Crippen molar-refractivity contribution in [3.8, 4) is 0 Å².